The number of nitrogens with one attached hydrogen (secondary N) is 2. The summed E-state index contributed by atoms with van der Waals surface area (Å²) in [4.78, 5) is 32.4. The number of H-pyrrole nitrogens is 1. The molecule has 8 heteroatoms. The number of aryl methyl sites for hydroxylation is 1. The van der Waals surface area contributed by atoms with Crippen molar-refractivity contribution in [2.45, 2.75) is 13.5 Å². The number of hydrogen-bond donors (Lipinski definition) is 2. The second-order valence-corrected chi connectivity index (χ2v) is 7.78. The molecule has 0 spiro atoms. The molecule has 0 bridgehead atoms. The van der Waals surface area contributed by atoms with Gasteiger partial charge in [0.05, 0.1) is 30.0 Å². The number of anilines is 1. The van der Waals surface area contributed by atoms with Gasteiger partial charge in [-0.3, -0.25) is 14.7 Å². The highest BCUT2D eigenvalue weighted by Crippen LogP contribution is 2.25. The minimum Gasteiger partial charge on any atom is -0.379 e. The van der Waals surface area contributed by atoms with Crippen LogP contribution in [0, 0.1) is 6.92 Å². The van der Waals surface area contributed by atoms with Crippen LogP contribution in [0.2, 0.25) is 0 Å². The number of carbonyl (C=O) groups is 1. The van der Waals surface area contributed by atoms with E-state index in [-0.39, 0.29) is 5.91 Å². The summed E-state index contributed by atoms with van der Waals surface area (Å²) in [5.41, 5.74) is 4.60. The molecule has 0 unspecified atom stereocenters. The number of aromatic nitrogens is 4. The third-order valence-electron chi connectivity index (χ3n) is 5.56. The molecule has 0 aliphatic carbocycles. The first kappa shape index (κ1) is 20.3. The Morgan fingerprint density at radius 1 is 1.09 bits per heavy atom. The Morgan fingerprint density at radius 3 is 2.78 bits per heavy atom. The maximum Gasteiger partial charge on any atom is 0.259 e. The van der Waals surface area contributed by atoms with Crippen molar-refractivity contribution < 1.29 is 9.53 Å². The lowest BCUT2D eigenvalue weighted by Crippen LogP contribution is -2.35. The molecule has 162 valence electrons. The highest BCUT2D eigenvalue weighted by atomic mass is 16.5. The van der Waals surface area contributed by atoms with Gasteiger partial charge in [0.1, 0.15) is 17.2 Å². The quantitative estimate of drug-likeness (QED) is 0.506. The zero-order chi connectivity index (χ0) is 21.9. The second-order valence-electron chi connectivity index (χ2n) is 7.78. The SMILES string of the molecule is Cc1ncccc1-c1nc2c(C(=O)Nc3cccc(CN4CCOCC4)n3)cccc2[nH]1. The van der Waals surface area contributed by atoms with Gasteiger partial charge in [0.2, 0.25) is 0 Å². The van der Waals surface area contributed by atoms with E-state index in [1.807, 2.05) is 43.3 Å². The highest BCUT2D eigenvalue weighted by Gasteiger charge is 2.17. The number of fused-ring (bicyclic) bond motifs is 1. The summed E-state index contributed by atoms with van der Waals surface area (Å²) in [6.07, 6.45) is 1.75. The van der Waals surface area contributed by atoms with Gasteiger partial charge in [-0.2, -0.15) is 0 Å². The molecule has 4 heterocycles. The number of benzene rings is 1. The number of carbonyl (C=O) groups excluding carboxylic acids is 1. The van der Waals surface area contributed by atoms with Crippen LogP contribution in [0.4, 0.5) is 5.82 Å². The fourth-order valence-corrected chi connectivity index (χ4v) is 3.89. The Hall–Kier alpha value is -3.62. The largest absolute Gasteiger partial charge is 0.379 e. The number of morpholine rings is 1. The van der Waals surface area contributed by atoms with Crippen LogP contribution in [0.25, 0.3) is 22.4 Å². The molecular formula is C24H24N6O2. The maximum absolute atomic E-state index is 13.1. The molecule has 32 heavy (non-hydrogen) atoms. The number of amides is 1. The van der Waals surface area contributed by atoms with E-state index in [2.05, 4.69) is 25.2 Å². The number of aromatic amines is 1. The first-order valence-electron chi connectivity index (χ1n) is 10.7. The molecule has 2 N–H and O–H groups in total. The van der Waals surface area contributed by atoms with Crippen molar-refractivity contribution in [1.29, 1.82) is 0 Å². The molecule has 0 saturated carbocycles. The van der Waals surface area contributed by atoms with Crippen LogP contribution in [0.15, 0.2) is 54.7 Å². The molecule has 8 nitrogen and oxygen atoms in total. The third kappa shape index (κ3) is 4.23. The molecule has 5 rings (SSSR count). The number of ether oxygens (including phenoxy) is 1. The fraction of sp³-hybridized carbons (Fsp3) is 0.250. The van der Waals surface area contributed by atoms with E-state index < -0.39 is 0 Å². The number of pyridine rings is 2. The summed E-state index contributed by atoms with van der Waals surface area (Å²) in [5.74, 6) is 0.973. The summed E-state index contributed by atoms with van der Waals surface area (Å²) < 4.78 is 5.40. The molecule has 1 fully saturated rings. The molecule has 1 amide bonds. The topological polar surface area (TPSA) is 96.0 Å². The monoisotopic (exact) mass is 428 g/mol. The van der Waals surface area contributed by atoms with Gasteiger partial charge < -0.3 is 15.0 Å². The molecule has 1 aliphatic rings. The number of rotatable bonds is 5. The van der Waals surface area contributed by atoms with Gasteiger partial charge in [-0.05, 0) is 43.3 Å². The molecule has 0 radical (unpaired) electrons. The Labute approximate surface area is 185 Å². The molecule has 3 aromatic heterocycles. The minimum absolute atomic E-state index is 0.243. The van der Waals surface area contributed by atoms with Crippen molar-refractivity contribution in [2.24, 2.45) is 0 Å². The smallest absolute Gasteiger partial charge is 0.259 e. The summed E-state index contributed by atoms with van der Waals surface area (Å²) in [5, 5.41) is 2.93. The molecular weight excluding hydrogens is 404 g/mol. The van der Waals surface area contributed by atoms with Crippen LogP contribution < -0.4 is 5.32 Å². The van der Waals surface area contributed by atoms with E-state index in [1.54, 1.807) is 18.3 Å². The number of nitrogens with zero attached hydrogens (tertiary/aromatic N) is 4. The van der Waals surface area contributed by atoms with E-state index in [9.17, 15) is 4.79 Å². The summed E-state index contributed by atoms with van der Waals surface area (Å²) in [7, 11) is 0. The molecule has 4 aromatic rings. The van der Waals surface area contributed by atoms with Gasteiger partial charge in [-0.15, -0.1) is 0 Å². The first-order chi connectivity index (χ1) is 15.7. The fourth-order valence-electron chi connectivity index (χ4n) is 3.89. The average molecular weight is 428 g/mol. The van der Waals surface area contributed by atoms with Crippen LogP contribution in [-0.2, 0) is 11.3 Å². The predicted molar refractivity (Wildman–Crippen MR) is 122 cm³/mol. The summed E-state index contributed by atoms with van der Waals surface area (Å²) in [6, 6.07) is 15.1. The lowest BCUT2D eigenvalue weighted by atomic mass is 10.1. The maximum atomic E-state index is 13.1. The normalized spacial score (nSPS) is 14.5. The van der Waals surface area contributed by atoms with Crippen molar-refractivity contribution in [3.8, 4) is 11.4 Å². The molecule has 1 saturated heterocycles. The van der Waals surface area contributed by atoms with Gasteiger partial charge in [0.25, 0.3) is 5.91 Å². The van der Waals surface area contributed by atoms with Gasteiger partial charge in [0, 0.05) is 37.1 Å². The predicted octanol–water partition coefficient (Wildman–Crippen LogP) is 3.41. The average Bonchev–Trinajstić information content (AvgIpc) is 3.24. The van der Waals surface area contributed by atoms with Crippen molar-refractivity contribution in [1.82, 2.24) is 24.8 Å². The minimum atomic E-state index is -0.243. The Morgan fingerprint density at radius 2 is 1.94 bits per heavy atom. The van der Waals surface area contributed by atoms with E-state index in [1.165, 1.54) is 0 Å². The van der Waals surface area contributed by atoms with Crippen LogP contribution in [0.3, 0.4) is 0 Å². The van der Waals surface area contributed by atoms with Gasteiger partial charge >= 0.3 is 0 Å². The molecule has 0 atom stereocenters. The lowest BCUT2D eigenvalue weighted by molar-refractivity contribution is 0.0337. The van der Waals surface area contributed by atoms with Crippen molar-refractivity contribution in [2.75, 3.05) is 31.6 Å². The van der Waals surface area contributed by atoms with Crippen molar-refractivity contribution in [3.63, 3.8) is 0 Å². The second kappa shape index (κ2) is 8.86. The lowest BCUT2D eigenvalue weighted by Gasteiger charge is -2.26. The highest BCUT2D eigenvalue weighted by molar-refractivity contribution is 6.11. The number of hydrogen-bond acceptors (Lipinski definition) is 6. The summed E-state index contributed by atoms with van der Waals surface area (Å²) in [6.45, 7) is 5.92. The van der Waals surface area contributed by atoms with Crippen LogP contribution in [-0.4, -0.2) is 57.0 Å². The van der Waals surface area contributed by atoms with Crippen LogP contribution >= 0.6 is 0 Å². The third-order valence-corrected chi connectivity index (χ3v) is 5.56. The first-order valence-corrected chi connectivity index (χ1v) is 10.7. The van der Waals surface area contributed by atoms with Gasteiger partial charge in [0.15, 0.2) is 0 Å². The van der Waals surface area contributed by atoms with Crippen LogP contribution in [0.1, 0.15) is 21.7 Å². The molecule has 1 aromatic carbocycles. The van der Waals surface area contributed by atoms with Crippen LogP contribution in [0.5, 0.6) is 0 Å². The van der Waals surface area contributed by atoms with E-state index in [0.29, 0.717) is 22.7 Å². The Balaban J connectivity index is 1.38. The van der Waals surface area contributed by atoms with Crippen molar-refractivity contribution in [3.05, 3.63) is 71.7 Å². The molecule has 1 aliphatic heterocycles. The summed E-state index contributed by atoms with van der Waals surface area (Å²) >= 11 is 0. The van der Waals surface area contributed by atoms with Crippen molar-refractivity contribution >= 4 is 22.8 Å². The number of para-hydroxylation sites is 1. The Kier molecular flexibility index (Phi) is 5.62. The van der Waals surface area contributed by atoms with E-state index in [0.717, 1.165) is 55.3 Å². The zero-order valence-electron chi connectivity index (χ0n) is 17.8. The Bertz CT molecular complexity index is 1260. The standard InChI is InChI=1S/C24H24N6O2/c1-16-18(7-4-10-25-16)23-27-20-8-3-6-19(22(20)29-23)24(31)28-21-9-2-5-17(26-21)15-30-11-13-32-14-12-30/h2-10H,11-15H2,1H3,(H,27,29)(H,26,28,31). The van der Waals surface area contributed by atoms with E-state index >= 15 is 0 Å². The number of imidazole rings is 1. The van der Waals surface area contributed by atoms with Gasteiger partial charge in [-0.25, -0.2) is 9.97 Å². The van der Waals surface area contributed by atoms with Gasteiger partial charge in [-0.1, -0.05) is 12.1 Å². The van der Waals surface area contributed by atoms with E-state index in [4.69, 9.17) is 9.72 Å². The zero-order valence-corrected chi connectivity index (χ0v) is 17.8.